The summed E-state index contributed by atoms with van der Waals surface area (Å²) in [4.78, 5) is 7.55. The van der Waals surface area contributed by atoms with Gasteiger partial charge in [0.1, 0.15) is 0 Å². The lowest BCUT2D eigenvalue weighted by Crippen LogP contribution is -2.09. The van der Waals surface area contributed by atoms with Crippen molar-refractivity contribution >= 4 is 51.5 Å². The summed E-state index contributed by atoms with van der Waals surface area (Å²) in [6, 6.07) is 7.24. The second-order valence-corrected chi connectivity index (χ2v) is 8.74. The van der Waals surface area contributed by atoms with Gasteiger partial charge < -0.3 is 4.52 Å². The van der Waals surface area contributed by atoms with Gasteiger partial charge in [-0.1, -0.05) is 40.4 Å². The predicted molar refractivity (Wildman–Crippen MR) is 96.9 cm³/mol. The Kier molecular flexibility index (Phi) is 5.11. The predicted octanol–water partition coefficient (Wildman–Crippen LogP) is 2.58. The van der Waals surface area contributed by atoms with Crippen LogP contribution < -0.4 is 4.72 Å². The molecule has 2 heterocycles. The van der Waals surface area contributed by atoms with Crippen molar-refractivity contribution in [3.05, 3.63) is 29.8 Å². The molecule has 0 amide bonds. The number of rotatable bonds is 7. The summed E-state index contributed by atoms with van der Waals surface area (Å²) in [5.41, 5.74) is 1.47. The Labute approximate surface area is 151 Å². The van der Waals surface area contributed by atoms with Gasteiger partial charge in [-0.25, -0.2) is 13.4 Å². The first-order valence-corrected chi connectivity index (χ1v) is 10.5. The topological polar surface area (TPSA) is 123 Å². The molecule has 0 unspecified atom stereocenters. The average molecular weight is 396 g/mol. The van der Waals surface area contributed by atoms with E-state index in [9.17, 15) is 8.42 Å². The minimum Gasteiger partial charge on any atom is -0.313 e. The van der Waals surface area contributed by atoms with Gasteiger partial charge in [-0.2, -0.15) is 4.98 Å². The fourth-order valence-corrected chi connectivity index (χ4v) is 4.08. The van der Waals surface area contributed by atoms with E-state index in [2.05, 4.69) is 36.8 Å². The summed E-state index contributed by atoms with van der Waals surface area (Å²) in [6.07, 6.45) is 1.11. The fraction of sp³-hybridized carbons (Fsp3) is 0.154. The van der Waals surface area contributed by atoms with Crippen molar-refractivity contribution in [1.82, 2.24) is 20.3 Å². The number of hydrogen-bond acceptors (Lipinski definition) is 10. The maximum absolute atomic E-state index is 11.3. The van der Waals surface area contributed by atoms with Crippen LogP contribution in [0.1, 0.15) is 5.56 Å². The van der Waals surface area contributed by atoms with Crippen molar-refractivity contribution in [2.45, 2.75) is 10.1 Å². The minimum absolute atomic E-state index is 0.0783. The Balaban J connectivity index is 1.66. The largest absolute Gasteiger partial charge is 0.347 e. The van der Waals surface area contributed by atoms with E-state index >= 15 is 0 Å². The molecule has 130 valence electrons. The highest BCUT2D eigenvalue weighted by Gasteiger charge is 2.13. The normalized spacial score (nSPS) is 11.4. The van der Waals surface area contributed by atoms with Crippen LogP contribution in [0.25, 0.3) is 10.8 Å². The third-order valence-corrected chi connectivity index (χ3v) is 5.47. The number of nitrogens with one attached hydrogen (secondary N) is 1. The number of nitrogens with zero attached hydrogens (tertiary/aromatic N) is 5. The first kappa shape index (κ1) is 17.5. The highest BCUT2D eigenvalue weighted by Crippen LogP contribution is 2.31. The molecular weight excluding hydrogens is 384 g/mol. The number of aliphatic imine (C=N–C) groups is 1. The number of thioether (sulfide) groups is 1. The second kappa shape index (κ2) is 7.29. The lowest BCUT2D eigenvalue weighted by atomic mass is 10.2. The Morgan fingerprint density at radius 3 is 2.96 bits per heavy atom. The molecule has 0 aliphatic heterocycles. The monoisotopic (exact) mass is 396 g/mol. The number of sulfonamides is 1. The SMILES string of the molecule is C=Nc1nc(-c2nnc(SCc3cccc(NS(C)(=O)=O)c3)s2)no1. The number of benzene rings is 1. The van der Waals surface area contributed by atoms with Crippen LogP contribution in [0.15, 0.2) is 38.1 Å². The average Bonchev–Trinajstić information content (AvgIpc) is 3.20. The zero-order valence-corrected chi connectivity index (χ0v) is 15.4. The second-order valence-electron chi connectivity index (χ2n) is 4.80. The lowest BCUT2D eigenvalue weighted by Gasteiger charge is -2.05. The van der Waals surface area contributed by atoms with E-state index in [1.807, 2.05) is 6.07 Å². The van der Waals surface area contributed by atoms with Gasteiger partial charge in [0.15, 0.2) is 9.35 Å². The lowest BCUT2D eigenvalue weighted by molar-refractivity contribution is 0.430. The highest BCUT2D eigenvalue weighted by atomic mass is 32.2. The van der Waals surface area contributed by atoms with E-state index in [0.717, 1.165) is 16.2 Å². The van der Waals surface area contributed by atoms with Gasteiger partial charge in [0, 0.05) is 11.4 Å². The molecule has 0 saturated heterocycles. The van der Waals surface area contributed by atoms with Crippen molar-refractivity contribution in [1.29, 1.82) is 0 Å². The van der Waals surface area contributed by atoms with Gasteiger partial charge >= 0.3 is 6.01 Å². The molecule has 2 aromatic heterocycles. The van der Waals surface area contributed by atoms with Crippen LogP contribution in [0.5, 0.6) is 0 Å². The van der Waals surface area contributed by atoms with Crippen molar-refractivity contribution in [2.75, 3.05) is 11.0 Å². The van der Waals surface area contributed by atoms with Crippen LogP contribution in [0.3, 0.4) is 0 Å². The van der Waals surface area contributed by atoms with Crippen LogP contribution in [-0.2, 0) is 15.8 Å². The molecule has 3 rings (SSSR count). The Hall–Kier alpha value is -2.31. The van der Waals surface area contributed by atoms with Crippen molar-refractivity contribution in [2.24, 2.45) is 4.99 Å². The van der Waals surface area contributed by atoms with Crippen LogP contribution >= 0.6 is 23.1 Å². The molecule has 12 heteroatoms. The molecule has 0 saturated carbocycles. The quantitative estimate of drug-likeness (QED) is 0.477. The molecule has 0 atom stereocenters. The molecule has 0 aliphatic rings. The van der Waals surface area contributed by atoms with Crippen LogP contribution in [0, 0.1) is 0 Å². The van der Waals surface area contributed by atoms with E-state index < -0.39 is 10.0 Å². The number of anilines is 1. The maximum atomic E-state index is 11.3. The molecule has 9 nitrogen and oxygen atoms in total. The maximum Gasteiger partial charge on any atom is 0.347 e. The molecule has 0 spiro atoms. The minimum atomic E-state index is -3.30. The molecule has 3 aromatic rings. The molecule has 0 fully saturated rings. The molecule has 0 radical (unpaired) electrons. The molecule has 1 aromatic carbocycles. The first-order chi connectivity index (χ1) is 11.9. The fourth-order valence-electron chi connectivity index (χ4n) is 1.81. The summed E-state index contributed by atoms with van der Waals surface area (Å²) < 4.78 is 30.6. The molecule has 0 bridgehead atoms. The summed E-state index contributed by atoms with van der Waals surface area (Å²) in [5.74, 6) is 0.922. The summed E-state index contributed by atoms with van der Waals surface area (Å²) in [7, 11) is -3.30. The Morgan fingerprint density at radius 1 is 1.40 bits per heavy atom. The number of aromatic nitrogens is 4. The van der Waals surface area contributed by atoms with Crippen LogP contribution in [0.2, 0.25) is 0 Å². The van der Waals surface area contributed by atoms with E-state index in [4.69, 9.17) is 4.52 Å². The summed E-state index contributed by atoms with van der Waals surface area (Å²) >= 11 is 2.80. The molecule has 25 heavy (non-hydrogen) atoms. The first-order valence-electron chi connectivity index (χ1n) is 6.77. The smallest absolute Gasteiger partial charge is 0.313 e. The van der Waals surface area contributed by atoms with Crippen molar-refractivity contribution in [3.63, 3.8) is 0 Å². The number of hydrogen-bond donors (Lipinski definition) is 1. The van der Waals surface area contributed by atoms with Gasteiger partial charge in [0.25, 0.3) is 0 Å². The van der Waals surface area contributed by atoms with E-state index in [1.165, 1.54) is 23.1 Å². The zero-order chi connectivity index (χ0) is 17.9. The molecule has 0 aliphatic carbocycles. The van der Waals surface area contributed by atoms with Gasteiger partial charge in [0.05, 0.1) is 6.26 Å². The van der Waals surface area contributed by atoms with Gasteiger partial charge in [-0.05, 0) is 24.4 Å². The van der Waals surface area contributed by atoms with Gasteiger partial charge in [-0.3, -0.25) is 4.72 Å². The van der Waals surface area contributed by atoms with E-state index in [0.29, 0.717) is 22.3 Å². The van der Waals surface area contributed by atoms with Crippen LogP contribution in [-0.4, -0.2) is 41.7 Å². The van der Waals surface area contributed by atoms with E-state index in [-0.39, 0.29) is 6.01 Å². The third kappa shape index (κ3) is 4.84. The van der Waals surface area contributed by atoms with Gasteiger partial charge in [0.2, 0.25) is 15.8 Å². The summed E-state index contributed by atoms with van der Waals surface area (Å²) in [6.45, 7) is 3.31. The van der Waals surface area contributed by atoms with Crippen LogP contribution in [0.4, 0.5) is 11.7 Å². The Morgan fingerprint density at radius 2 is 2.24 bits per heavy atom. The molecular formula is C13H12N6O3S3. The zero-order valence-electron chi connectivity index (χ0n) is 12.9. The standard InChI is InChI=1S/C13H12N6O3S3/c1-14-12-15-10(18-22-12)11-16-17-13(24-11)23-7-8-4-3-5-9(6-8)19-25(2,20)21/h3-6,19H,1,7H2,2H3. The third-order valence-electron chi connectivity index (χ3n) is 2.74. The van der Waals surface area contributed by atoms with Crippen molar-refractivity contribution < 1.29 is 12.9 Å². The Bertz CT molecular complexity index is 998. The highest BCUT2D eigenvalue weighted by molar-refractivity contribution is 8.00. The van der Waals surface area contributed by atoms with Gasteiger partial charge in [-0.15, -0.1) is 10.2 Å². The van der Waals surface area contributed by atoms with E-state index in [1.54, 1.807) is 18.2 Å². The molecule has 1 N–H and O–H groups in total. The summed E-state index contributed by atoms with van der Waals surface area (Å²) in [5, 5.41) is 12.4. The van der Waals surface area contributed by atoms with Crippen molar-refractivity contribution in [3.8, 4) is 10.8 Å².